The zero-order chi connectivity index (χ0) is 16.4. The lowest BCUT2D eigenvalue weighted by atomic mass is 10.0. The van der Waals surface area contributed by atoms with Crippen molar-refractivity contribution in [2.45, 2.75) is 6.42 Å². The van der Waals surface area contributed by atoms with E-state index in [-0.39, 0.29) is 5.78 Å². The summed E-state index contributed by atoms with van der Waals surface area (Å²) < 4.78 is 0. The Hall–Kier alpha value is -1.79. The minimum absolute atomic E-state index is 0.157. The first-order valence-electron chi connectivity index (χ1n) is 8.68. The summed E-state index contributed by atoms with van der Waals surface area (Å²) in [5, 5.41) is 5.49. The smallest absolute Gasteiger partial charge is 0.177 e. The summed E-state index contributed by atoms with van der Waals surface area (Å²) >= 11 is 0. The van der Waals surface area contributed by atoms with E-state index >= 15 is 0 Å². The summed E-state index contributed by atoms with van der Waals surface area (Å²) in [5.41, 5.74) is 0.809. The Morgan fingerprint density at radius 2 is 1.71 bits per heavy atom. The van der Waals surface area contributed by atoms with Crippen molar-refractivity contribution in [1.82, 2.24) is 20.0 Å². The molecule has 2 aromatic rings. The van der Waals surface area contributed by atoms with Crippen molar-refractivity contribution >= 4 is 16.6 Å². The van der Waals surface area contributed by atoms with Crippen LogP contribution in [0, 0.1) is 0 Å². The highest BCUT2D eigenvalue weighted by Crippen LogP contribution is 2.18. The molecule has 2 heterocycles. The van der Waals surface area contributed by atoms with E-state index in [2.05, 4.69) is 32.1 Å². The molecule has 126 valence electrons. The maximum absolute atomic E-state index is 12.6. The fourth-order valence-electron chi connectivity index (χ4n) is 3.77. The largest absolute Gasteiger partial charge is 0.297 e. The van der Waals surface area contributed by atoms with Crippen LogP contribution in [-0.4, -0.2) is 66.8 Å². The van der Waals surface area contributed by atoms with E-state index in [4.69, 9.17) is 0 Å². The Labute approximate surface area is 142 Å². The molecular weight excluding hydrogens is 300 g/mol. The van der Waals surface area contributed by atoms with Crippen molar-refractivity contribution in [3.63, 3.8) is 0 Å². The molecule has 2 fully saturated rings. The first kappa shape index (κ1) is 15.7. The molecule has 5 nitrogen and oxygen atoms in total. The second kappa shape index (κ2) is 6.99. The van der Waals surface area contributed by atoms with Crippen LogP contribution in [0.5, 0.6) is 0 Å². The van der Waals surface area contributed by atoms with E-state index < -0.39 is 0 Å². The number of carbonyl (C=O) groups excluding carboxylic acids is 1. The van der Waals surface area contributed by atoms with E-state index in [9.17, 15) is 4.79 Å². The fourth-order valence-corrected chi connectivity index (χ4v) is 3.77. The number of carbonyl (C=O) groups is 1. The van der Waals surface area contributed by atoms with Crippen molar-refractivity contribution in [3.8, 4) is 0 Å². The summed E-state index contributed by atoms with van der Waals surface area (Å²) in [6, 6.07) is 14.0. The maximum Gasteiger partial charge on any atom is 0.177 e. The molecule has 5 heteroatoms. The zero-order valence-corrected chi connectivity index (χ0v) is 13.9. The number of hydrogen-bond donors (Lipinski definition) is 1. The highest BCUT2D eigenvalue weighted by atomic mass is 16.1. The van der Waals surface area contributed by atoms with Crippen LogP contribution in [0.25, 0.3) is 10.8 Å². The molecule has 2 aliphatic heterocycles. The molecule has 0 amide bonds. The normalized spacial score (nSPS) is 24.2. The molecule has 2 aromatic carbocycles. The van der Waals surface area contributed by atoms with Gasteiger partial charge in [-0.25, -0.2) is 0 Å². The van der Waals surface area contributed by atoms with Crippen molar-refractivity contribution in [2.24, 2.45) is 0 Å². The Bertz CT molecular complexity index is 715. The molecule has 0 radical (unpaired) electrons. The number of hydrogen-bond acceptors (Lipinski definition) is 5. The van der Waals surface area contributed by atoms with E-state index in [0.29, 0.717) is 6.54 Å². The summed E-state index contributed by atoms with van der Waals surface area (Å²) in [6.07, 6.45) is 1.26. The number of Topliss-reactive ketones (excluding diaryl/α,β-unsaturated/α-hetero) is 1. The number of fused-ring (bicyclic) bond motifs is 3. The van der Waals surface area contributed by atoms with E-state index in [1.54, 1.807) is 0 Å². The van der Waals surface area contributed by atoms with E-state index in [0.717, 1.165) is 43.0 Å². The molecule has 2 unspecified atom stereocenters. The summed E-state index contributed by atoms with van der Waals surface area (Å²) in [4.78, 5) is 19.9. The zero-order valence-electron chi connectivity index (χ0n) is 13.9. The van der Waals surface area contributed by atoms with E-state index in [1.165, 1.54) is 19.5 Å². The maximum atomic E-state index is 12.6. The molecule has 2 bridgehead atoms. The van der Waals surface area contributed by atoms with Crippen molar-refractivity contribution in [1.29, 1.82) is 0 Å². The van der Waals surface area contributed by atoms with Crippen LogP contribution < -0.4 is 5.32 Å². The van der Waals surface area contributed by atoms with Gasteiger partial charge in [0.1, 0.15) is 0 Å². The topological polar surface area (TPSA) is 38.8 Å². The second-order valence-corrected chi connectivity index (χ2v) is 6.77. The van der Waals surface area contributed by atoms with Crippen LogP contribution in [0.1, 0.15) is 16.8 Å². The minimum atomic E-state index is 0.157. The fraction of sp³-hybridized carbons (Fsp3) is 0.421. The highest BCUT2D eigenvalue weighted by molar-refractivity contribution is 6.08. The van der Waals surface area contributed by atoms with Gasteiger partial charge in [0, 0.05) is 18.7 Å². The van der Waals surface area contributed by atoms with E-state index in [1.807, 2.05) is 30.3 Å². The van der Waals surface area contributed by atoms with Crippen LogP contribution in [0.3, 0.4) is 0 Å². The lowest BCUT2D eigenvalue weighted by molar-refractivity contribution is -0.0579. The number of ketones is 1. The van der Waals surface area contributed by atoms with Crippen LogP contribution in [0.2, 0.25) is 0 Å². The third-order valence-corrected chi connectivity index (χ3v) is 4.86. The van der Waals surface area contributed by atoms with Crippen molar-refractivity contribution in [3.05, 3.63) is 48.0 Å². The molecule has 0 aliphatic carbocycles. The number of benzene rings is 2. The third-order valence-electron chi connectivity index (χ3n) is 4.86. The lowest BCUT2D eigenvalue weighted by Gasteiger charge is -2.45. The number of nitrogens with one attached hydrogen (secondary N) is 1. The minimum Gasteiger partial charge on any atom is -0.297 e. The van der Waals surface area contributed by atoms with Gasteiger partial charge in [0.15, 0.2) is 5.78 Å². The van der Waals surface area contributed by atoms with Crippen molar-refractivity contribution < 1.29 is 4.79 Å². The van der Waals surface area contributed by atoms with Gasteiger partial charge in [-0.2, -0.15) is 0 Å². The first-order chi connectivity index (χ1) is 11.8. The van der Waals surface area contributed by atoms with Gasteiger partial charge in [0.05, 0.1) is 33.2 Å². The van der Waals surface area contributed by atoms with Gasteiger partial charge >= 0.3 is 0 Å². The monoisotopic (exact) mass is 324 g/mol. The Morgan fingerprint density at radius 3 is 2.54 bits per heavy atom. The Kier molecular flexibility index (Phi) is 4.58. The Morgan fingerprint density at radius 1 is 0.958 bits per heavy atom. The molecular formula is C19H24N4O. The van der Waals surface area contributed by atoms with Crippen LogP contribution in [0.4, 0.5) is 0 Å². The molecule has 2 atom stereocenters. The average molecular weight is 324 g/mol. The van der Waals surface area contributed by atoms with Crippen LogP contribution >= 0.6 is 0 Å². The van der Waals surface area contributed by atoms with Crippen LogP contribution in [-0.2, 0) is 0 Å². The van der Waals surface area contributed by atoms with Gasteiger partial charge < -0.3 is 0 Å². The summed E-state index contributed by atoms with van der Waals surface area (Å²) in [5.74, 6) is 0.157. The first-order valence-corrected chi connectivity index (χ1v) is 8.68. The van der Waals surface area contributed by atoms with Gasteiger partial charge in [0.2, 0.25) is 0 Å². The Balaban J connectivity index is 1.35. The molecule has 1 N–H and O–H groups in total. The molecule has 2 aliphatic rings. The molecule has 4 rings (SSSR count). The van der Waals surface area contributed by atoms with Gasteiger partial charge in [-0.3, -0.25) is 24.8 Å². The molecule has 0 saturated carbocycles. The molecule has 0 aromatic heterocycles. The number of rotatable bonds is 5. The van der Waals surface area contributed by atoms with Gasteiger partial charge in [-0.15, -0.1) is 0 Å². The van der Waals surface area contributed by atoms with Gasteiger partial charge in [0.25, 0.3) is 0 Å². The standard InChI is InChI=1S/C19H24N4O/c24-19(18-8-3-6-16-5-1-2-7-17(16)18)11-20-12-23-14-21-9-4-10-22(13-21)15-23/h1-3,5-8,20H,4,9-15H2. The third kappa shape index (κ3) is 3.35. The molecule has 24 heavy (non-hydrogen) atoms. The average Bonchev–Trinajstić information content (AvgIpc) is 2.61. The predicted octanol–water partition coefficient (Wildman–Crippen LogP) is 1.77. The van der Waals surface area contributed by atoms with Gasteiger partial charge in [-0.05, 0) is 17.2 Å². The quantitative estimate of drug-likeness (QED) is 0.849. The van der Waals surface area contributed by atoms with Crippen molar-refractivity contribution in [2.75, 3.05) is 46.3 Å². The number of nitrogens with zero attached hydrogens (tertiary/aromatic N) is 3. The molecule has 2 saturated heterocycles. The SMILES string of the molecule is O=C(CNCN1CN2CCCN(C2)C1)c1cccc2ccccc12. The second-order valence-electron chi connectivity index (χ2n) is 6.77. The summed E-state index contributed by atoms with van der Waals surface area (Å²) in [7, 11) is 0. The molecule has 0 spiro atoms. The summed E-state index contributed by atoms with van der Waals surface area (Å²) in [6.45, 7) is 6.57. The lowest BCUT2D eigenvalue weighted by Crippen LogP contribution is -2.59. The predicted molar refractivity (Wildman–Crippen MR) is 95.6 cm³/mol. The van der Waals surface area contributed by atoms with Gasteiger partial charge in [-0.1, -0.05) is 42.5 Å². The highest BCUT2D eigenvalue weighted by Gasteiger charge is 2.26. The van der Waals surface area contributed by atoms with Crippen LogP contribution in [0.15, 0.2) is 42.5 Å².